The minimum atomic E-state index is -0.174. The molecule has 0 aliphatic carbocycles. The molecule has 1 atom stereocenters. The molecule has 0 spiro atoms. The Hall–Kier alpha value is -1.90. The smallest absolute Gasteiger partial charge is 0.271 e. The van der Waals surface area contributed by atoms with Gasteiger partial charge < -0.3 is 16.0 Å². The summed E-state index contributed by atoms with van der Waals surface area (Å²) in [4.78, 5) is 24.6. The summed E-state index contributed by atoms with van der Waals surface area (Å²) in [5.74, 6) is -0.242. The van der Waals surface area contributed by atoms with E-state index in [2.05, 4.69) is 21.0 Å². The van der Waals surface area contributed by atoms with Crippen LogP contribution >= 0.6 is 23.7 Å². The van der Waals surface area contributed by atoms with Crippen LogP contribution in [0.4, 0.5) is 0 Å². The zero-order valence-electron chi connectivity index (χ0n) is 14.4. The number of halogens is 1. The van der Waals surface area contributed by atoms with Crippen LogP contribution in [0, 0.1) is 0 Å². The number of thiophene rings is 1. The highest BCUT2D eigenvalue weighted by atomic mass is 35.5. The fourth-order valence-electron chi connectivity index (χ4n) is 2.80. The lowest BCUT2D eigenvalue weighted by molar-refractivity contribution is 0.0946. The van der Waals surface area contributed by atoms with Crippen molar-refractivity contribution >= 4 is 35.6 Å². The first kappa shape index (κ1) is 20.4. The van der Waals surface area contributed by atoms with Crippen molar-refractivity contribution in [3.63, 3.8) is 0 Å². The summed E-state index contributed by atoms with van der Waals surface area (Å²) >= 11 is 1.41. The number of piperidine rings is 1. The zero-order valence-corrected chi connectivity index (χ0v) is 16.1. The van der Waals surface area contributed by atoms with Gasteiger partial charge in [-0.2, -0.15) is 5.10 Å². The molecule has 7 nitrogen and oxygen atoms in total. The normalized spacial score (nSPS) is 16.5. The number of carbonyl (C=O) groups excluding carboxylic acids is 2. The van der Waals surface area contributed by atoms with Gasteiger partial charge in [-0.25, -0.2) is 0 Å². The van der Waals surface area contributed by atoms with Crippen LogP contribution in [-0.4, -0.2) is 47.8 Å². The molecule has 3 rings (SSSR count). The fraction of sp³-hybridized carbons (Fsp3) is 0.471. The highest BCUT2D eigenvalue weighted by molar-refractivity contribution is 7.12. The molecular formula is C17H24ClN5O2S. The Morgan fingerprint density at radius 2 is 2.08 bits per heavy atom. The first-order chi connectivity index (χ1) is 12.2. The van der Waals surface area contributed by atoms with Crippen LogP contribution in [-0.2, 0) is 0 Å². The van der Waals surface area contributed by atoms with Crippen LogP contribution in [0.15, 0.2) is 29.8 Å². The van der Waals surface area contributed by atoms with Crippen molar-refractivity contribution in [3.8, 4) is 0 Å². The van der Waals surface area contributed by atoms with Crippen molar-refractivity contribution in [1.29, 1.82) is 0 Å². The fourth-order valence-corrected chi connectivity index (χ4v) is 3.44. The first-order valence-corrected chi connectivity index (χ1v) is 9.48. The molecule has 3 heterocycles. The molecule has 2 amide bonds. The molecule has 0 aromatic carbocycles. The Kier molecular flexibility index (Phi) is 8.08. The van der Waals surface area contributed by atoms with Gasteiger partial charge in [0.1, 0.15) is 5.69 Å². The van der Waals surface area contributed by atoms with Gasteiger partial charge in [-0.15, -0.1) is 23.7 Å². The van der Waals surface area contributed by atoms with E-state index in [1.807, 2.05) is 22.3 Å². The highest BCUT2D eigenvalue weighted by Gasteiger charge is 2.17. The molecule has 0 radical (unpaired) electrons. The van der Waals surface area contributed by atoms with Crippen molar-refractivity contribution in [3.05, 3.63) is 40.3 Å². The molecular weight excluding hydrogens is 374 g/mol. The molecule has 1 aliphatic heterocycles. The maximum Gasteiger partial charge on any atom is 0.271 e. The van der Waals surface area contributed by atoms with Crippen molar-refractivity contribution in [2.75, 3.05) is 26.2 Å². The summed E-state index contributed by atoms with van der Waals surface area (Å²) in [6.45, 7) is 2.97. The summed E-state index contributed by atoms with van der Waals surface area (Å²) in [6.07, 6.45) is 4.76. The van der Waals surface area contributed by atoms with E-state index < -0.39 is 0 Å². The minimum absolute atomic E-state index is 0. The van der Waals surface area contributed by atoms with Crippen LogP contribution in [0.25, 0.3) is 0 Å². The van der Waals surface area contributed by atoms with E-state index in [1.54, 1.807) is 12.1 Å². The number of rotatable bonds is 7. The van der Waals surface area contributed by atoms with Crippen molar-refractivity contribution in [1.82, 2.24) is 25.7 Å². The summed E-state index contributed by atoms with van der Waals surface area (Å²) < 4.78 is 1.88. The Bertz CT molecular complexity index is 698. The van der Waals surface area contributed by atoms with Gasteiger partial charge in [0.25, 0.3) is 11.8 Å². The minimum Gasteiger partial charge on any atom is -0.351 e. The largest absolute Gasteiger partial charge is 0.351 e. The van der Waals surface area contributed by atoms with E-state index in [4.69, 9.17) is 0 Å². The number of hydrogen-bond donors (Lipinski definition) is 3. The number of nitrogens with one attached hydrogen (secondary N) is 3. The average Bonchev–Trinajstić information content (AvgIpc) is 3.34. The summed E-state index contributed by atoms with van der Waals surface area (Å²) in [5.41, 5.74) is 0.438. The second-order valence-electron chi connectivity index (χ2n) is 6.02. The van der Waals surface area contributed by atoms with E-state index in [0.29, 0.717) is 36.1 Å². The number of hydrogen-bond acceptors (Lipinski definition) is 5. The topological polar surface area (TPSA) is 88.0 Å². The maximum atomic E-state index is 12.1. The van der Waals surface area contributed by atoms with Gasteiger partial charge in [0, 0.05) is 25.8 Å². The third-order valence-corrected chi connectivity index (χ3v) is 5.02. The molecule has 0 saturated carbocycles. The van der Waals surface area contributed by atoms with E-state index in [-0.39, 0.29) is 24.2 Å². The van der Waals surface area contributed by atoms with Gasteiger partial charge in [-0.05, 0) is 43.3 Å². The molecule has 1 saturated heterocycles. The number of aromatic nitrogens is 2. The van der Waals surface area contributed by atoms with Crippen LogP contribution in [0.1, 0.15) is 45.5 Å². The van der Waals surface area contributed by atoms with Crippen LogP contribution in [0.3, 0.4) is 0 Å². The molecule has 2 aromatic rings. The Labute approximate surface area is 163 Å². The quantitative estimate of drug-likeness (QED) is 0.622. The summed E-state index contributed by atoms with van der Waals surface area (Å²) in [7, 11) is 0. The third kappa shape index (κ3) is 5.55. The number of nitrogens with zero attached hydrogens (tertiary/aromatic N) is 2. The molecule has 1 aliphatic rings. The summed E-state index contributed by atoms with van der Waals surface area (Å²) in [5, 5.41) is 15.3. The first-order valence-electron chi connectivity index (χ1n) is 8.60. The van der Waals surface area contributed by atoms with Gasteiger partial charge in [0.2, 0.25) is 0 Å². The van der Waals surface area contributed by atoms with Crippen molar-refractivity contribution in [2.45, 2.75) is 25.3 Å². The standard InChI is InChI=1S/C17H23N5O2S.ClH/c23-16(14-6-10-22(21-14)13-4-1-7-18-12-13)19-8-3-9-20-17(24)15-5-2-11-25-15;/h2,5-6,10-11,13,18H,1,3-4,7-9,12H2,(H,19,23)(H,20,24);1H. The van der Waals surface area contributed by atoms with Crippen LogP contribution in [0.5, 0.6) is 0 Å². The molecule has 26 heavy (non-hydrogen) atoms. The molecule has 9 heteroatoms. The summed E-state index contributed by atoms with van der Waals surface area (Å²) in [6, 6.07) is 5.72. The molecule has 1 fully saturated rings. The number of carbonyl (C=O) groups is 2. The Morgan fingerprint density at radius 3 is 2.77 bits per heavy atom. The van der Waals surface area contributed by atoms with Gasteiger partial charge in [-0.3, -0.25) is 14.3 Å². The molecule has 3 N–H and O–H groups in total. The second kappa shape index (κ2) is 10.3. The third-order valence-electron chi connectivity index (χ3n) is 4.16. The highest BCUT2D eigenvalue weighted by Crippen LogP contribution is 2.15. The van der Waals surface area contributed by atoms with E-state index in [1.165, 1.54) is 11.3 Å². The van der Waals surface area contributed by atoms with Gasteiger partial charge in [0.15, 0.2) is 0 Å². The van der Waals surface area contributed by atoms with Crippen molar-refractivity contribution < 1.29 is 9.59 Å². The molecule has 0 bridgehead atoms. The lowest BCUT2D eigenvalue weighted by Gasteiger charge is -2.22. The SMILES string of the molecule is Cl.O=C(NCCCNC(=O)c1cccs1)c1ccn(C2CCCNC2)n1. The van der Waals surface area contributed by atoms with Gasteiger partial charge in [0.05, 0.1) is 10.9 Å². The average molecular weight is 398 g/mol. The lowest BCUT2D eigenvalue weighted by atomic mass is 10.1. The predicted octanol–water partition coefficient (Wildman–Crippen LogP) is 1.84. The van der Waals surface area contributed by atoms with Crippen LogP contribution < -0.4 is 16.0 Å². The monoisotopic (exact) mass is 397 g/mol. The number of amides is 2. The second-order valence-corrected chi connectivity index (χ2v) is 6.97. The Balaban J connectivity index is 0.00000243. The van der Waals surface area contributed by atoms with Gasteiger partial charge in [-0.1, -0.05) is 6.07 Å². The molecule has 2 aromatic heterocycles. The lowest BCUT2D eigenvalue weighted by Crippen LogP contribution is -2.32. The van der Waals surface area contributed by atoms with E-state index >= 15 is 0 Å². The van der Waals surface area contributed by atoms with E-state index in [9.17, 15) is 9.59 Å². The predicted molar refractivity (Wildman–Crippen MR) is 104 cm³/mol. The van der Waals surface area contributed by atoms with Crippen molar-refractivity contribution in [2.24, 2.45) is 0 Å². The molecule has 142 valence electrons. The molecule has 1 unspecified atom stereocenters. The Morgan fingerprint density at radius 1 is 1.27 bits per heavy atom. The van der Waals surface area contributed by atoms with E-state index in [0.717, 1.165) is 25.9 Å². The van der Waals surface area contributed by atoms with Crippen LogP contribution in [0.2, 0.25) is 0 Å². The zero-order chi connectivity index (χ0) is 17.5. The van der Waals surface area contributed by atoms with Gasteiger partial charge >= 0.3 is 0 Å². The maximum absolute atomic E-state index is 12.1.